The van der Waals surface area contributed by atoms with Crippen molar-refractivity contribution in [3.63, 3.8) is 0 Å². The van der Waals surface area contributed by atoms with Crippen LogP contribution < -0.4 is 0 Å². The first-order valence-corrected chi connectivity index (χ1v) is 30.3. The minimum atomic E-state index is 0.00407. The van der Waals surface area contributed by atoms with E-state index in [1.165, 1.54) is 58.4 Å². The molecule has 0 aliphatic rings. The summed E-state index contributed by atoms with van der Waals surface area (Å²) in [5.41, 5.74) is 0.0726. The Labute approximate surface area is 474 Å². The van der Waals surface area contributed by atoms with Crippen molar-refractivity contribution in [2.45, 2.75) is 259 Å². The largest absolute Gasteiger partial charge is 0.376 e. The quantitative estimate of drug-likeness (QED) is 0.0588. The van der Waals surface area contributed by atoms with Crippen LogP contribution in [0.3, 0.4) is 0 Å². The maximum atomic E-state index is 5.71. The van der Waals surface area contributed by atoms with Crippen molar-refractivity contribution >= 4 is 0 Å². The van der Waals surface area contributed by atoms with Gasteiger partial charge in [-0.05, 0) is 257 Å². The van der Waals surface area contributed by atoms with Crippen LogP contribution in [0.1, 0.15) is 225 Å². The maximum absolute atomic E-state index is 5.71. The molecule has 0 amide bonds. The van der Waals surface area contributed by atoms with Gasteiger partial charge in [0.05, 0.1) is 53.4 Å². The number of hydrogen-bond donors (Lipinski definition) is 0. The van der Waals surface area contributed by atoms with Gasteiger partial charge in [0.15, 0.2) is 0 Å². The molecular formula is C63H144N6O6. The summed E-state index contributed by atoms with van der Waals surface area (Å²) in [6, 6.07) is 0. The summed E-state index contributed by atoms with van der Waals surface area (Å²) in [6.45, 7) is 76.5. The molecule has 0 aliphatic heterocycles. The first-order valence-electron chi connectivity index (χ1n) is 30.3. The third-order valence-electron chi connectivity index (χ3n) is 10.5. The van der Waals surface area contributed by atoms with E-state index in [1.54, 1.807) is 0 Å². The van der Waals surface area contributed by atoms with Gasteiger partial charge in [0.2, 0.25) is 0 Å². The molecule has 75 heavy (non-hydrogen) atoms. The Morgan fingerprint density at radius 2 is 0.427 bits per heavy atom. The van der Waals surface area contributed by atoms with Gasteiger partial charge in [0, 0.05) is 52.5 Å². The second-order valence-electron chi connectivity index (χ2n) is 26.2. The summed E-state index contributed by atoms with van der Waals surface area (Å²) in [5, 5.41) is 0. The molecule has 462 valence electrons. The summed E-state index contributed by atoms with van der Waals surface area (Å²) in [7, 11) is 8.26. The number of rotatable bonds is 33. The van der Waals surface area contributed by atoms with Crippen LogP contribution in [0.5, 0.6) is 0 Å². The van der Waals surface area contributed by atoms with Gasteiger partial charge in [-0.3, -0.25) is 0 Å². The van der Waals surface area contributed by atoms with Crippen molar-refractivity contribution in [1.82, 2.24) is 29.4 Å². The Morgan fingerprint density at radius 3 is 0.667 bits per heavy atom. The van der Waals surface area contributed by atoms with E-state index in [0.29, 0.717) is 0 Å². The lowest BCUT2D eigenvalue weighted by Crippen LogP contribution is -2.32. The van der Waals surface area contributed by atoms with Crippen molar-refractivity contribution in [3.8, 4) is 0 Å². The third-order valence-corrected chi connectivity index (χ3v) is 10.5. The number of likely N-dealkylation sites (N-methyl/N-ethyl adjacent to an activating group) is 2. The molecule has 12 heteroatoms. The molecule has 0 aromatic carbocycles. The molecule has 0 fully saturated rings. The average Bonchev–Trinajstić information content (AvgIpc) is 3.24. The second-order valence-corrected chi connectivity index (χ2v) is 26.2. The van der Waals surface area contributed by atoms with Crippen molar-refractivity contribution < 1.29 is 28.4 Å². The highest BCUT2D eigenvalue weighted by Gasteiger charge is 2.14. The van der Waals surface area contributed by atoms with Crippen LogP contribution in [-0.2, 0) is 28.4 Å². The molecule has 0 spiro atoms. The van der Waals surface area contributed by atoms with Crippen molar-refractivity contribution in [3.05, 3.63) is 0 Å². The predicted molar refractivity (Wildman–Crippen MR) is 335 cm³/mol. The maximum Gasteiger partial charge on any atom is 0.0600 e. The highest BCUT2D eigenvalue weighted by molar-refractivity contribution is 4.65. The lowest BCUT2D eigenvalue weighted by atomic mass is 10.2. The fourth-order valence-corrected chi connectivity index (χ4v) is 6.60. The Hall–Kier alpha value is -0.480. The zero-order valence-corrected chi connectivity index (χ0v) is 57.2. The molecule has 0 radical (unpaired) electrons. The first-order chi connectivity index (χ1) is 34.3. The van der Waals surface area contributed by atoms with Crippen LogP contribution in [0.15, 0.2) is 0 Å². The van der Waals surface area contributed by atoms with E-state index < -0.39 is 0 Å². The fraction of sp³-hybridized carbons (Fsp3) is 1.00. The monoisotopic (exact) mass is 1080 g/mol. The van der Waals surface area contributed by atoms with Gasteiger partial charge in [-0.2, -0.15) is 0 Å². The lowest BCUT2D eigenvalue weighted by molar-refractivity contribution is -0.0132. The lowest BCUT2D eigenvalue weighted by Gasteiger charge is -2.24. The molecule has 0 saturated carbocycles. The van der Waals surface area contributed by atoms with E-state index in [1.807, 2.05) is 14.1 Å². The van der Waals surface area contributed by atoms with E-state index in [4.69, 9.17) is 28.4 Å². The summed E-state index contributed by atoms with van der Waals surface area (Å²) in [4.78, 5) is 14.1. The molecule has 0 aliphatic carbocycles. The van der Waals surface area contributed by atoms with E-state index in [9.17, 15) is 0 Å². The van der Waals surface area contributed by atoms with Gasteiger partial charge in [0.1, 0.15) is 0 Å². The summed E-state index contributed by atoms with van der Waals surface area (Å²) in [5.74, 6) is 0. The van der Waals surface area contributed by atoms with Gasteiger partial charge in [-0.1, -0.05) is 55.4 Å². The first kappa shape index (κ1) is 85.8. The van der Waals surface area contributed by atoms with Gasteiger partial charge in [0.25, 0.3) is 0 Å². The molecule has 12 nitrogen and oxygen atoms in total. The molecule has 0 atom stereocenters. The van der Waals surface area contributed by atoms with Gasteiger partial charge < -0.3 is 57.8 Å². The molecular weight excluding hydrogens is 937 g/mol. The van der Waals surface area contributed by atoms with Crippen molar-refractivity contribution in [1.29, 1.82) is 0 Å². The molecule has 0 saturated heterocycles. The van der Waals surface area contributed by atoms with Gasteiger partial charge in [-0.25, -0.2) is 0 Å². The highest BCUT2D eigenvalue weighted by atomic mass is 16.5. The van der Waals surface area contributed by atoms with Crippen LogP contribution in [0.25, 0.3) is 0 Å². The Balaban J connectivity index is -0.000000191. The molecule has 0 unspecified atom stereocenters. The zero-order valence-electron chi connectivity index (χ0n) is 57.2. The van der Waals surface area contributed by atoms with Crippen LogP contribution in [0.2, 0.25) is 0 Å². The average molecular weight is 1080 g/mol. The Bertz CT molecular complexity index is 1100. The SMILES string of the molecule is CCCN(CCC)CCCOC(C)(C)C.CCCN(CCC)CCOC(C)(C)C.CCN(CC)CCCOC(C)(C)C.CCN(CC)CCOC(C)(C)C.CN(C)CCCOC(C)(C)C.CN(C)CCOC(C)(C)C. The summed E-state index contributed by atoms with van der Waals surface area (Å²) >= 11 is 0. The van der Waals surface area contributed by atoms with Crippen LogP contribution in [-0.4, -0.2) is 222 Å². The fourth-order valence-electron chi connectivity index (χ4n) is 6.60. The van der Waals surface area contributed by atoms with Crippen LogP contribution in [0.4, 0.5) is 0 Å². The normalized spacial score (nSPS) is 12.5. The van der Waals surface area contributed by atoms with Crippen LogP contribution >= 0.6 is 0 Å². The minimum absolute atomic E-state index is 0.00407. The molecule has 0 heterocycles. The Morgan fingerprint density at radius 1 is 0.227 bits per heavy atom. The highest BCUT2D eigenvalue weighted by Crippen LogP contribution is 2.11. The number of hydrogen-bond acceptors (Lipinski definition) is 12. The van der Waals surface area contributed by atoms with E-state index in [2.05, 4.69) is 224 Å². The molecule has 0 bridgehead atoms. The molecule has 0 aromatic rings. The zero-order chi connectivity index (χ0) is 59.8. The number of ether oxygens (including phenoxy) is 6. The van der Waals surface area contributed by atoms with E-state index in [0.717, 1.165) is 118 Å². The predicted octanol–water partition coefficient (Wildman–Crippen LogP) is 14.0. The summed E-state index contributed by atoms with van der Waals surface area (Å²) < 4.78 is 33.7. The third kappa shape index (κ3) is 90.3. The van der Waals surface area contributed by atoms with Crippen molar-refractivity contribution in [2.24, 2.45) is 0 Å². The molecule has 0 N–H and O–H groups in total. The standard InChI is InChI=1S/C13H29NO.C12H27NO.C11H25NO.C10H23NO.C9H21NO.C8H19NO/c1-6-9-14(10-7-2)11-8-12-15-13(3,4)5;1-6-8-13(9-7-2)10-11-14-12(3,4)5;1-6-12(7-2)9-8-10-13-11(3,4)5;1-6-11(7-2)8-9-12-10(3,4)5;1-9(2,3)11-8-6-7-10(4)5;1-8(2,3)10-7-6-9(4)5/h6-12H2,1-5H3;6-11H2,1-5H3;6-10H2,1-5H3;6-9H2,1-5H3;6-8H2,1-5H3;6-7H2,1-5H3. The van der Waals surface area contributed by atoms with Crippen molar-refractivity contribution in [2.75, 3.05) is 159 Å². The molecule has 0 aromatic heterocycles. The Kier molecular flexibility index (Phi) is 59.1. The van der Waals surface area contributed by atoms with E-state index >= 15 is 0 Å². The minimum Gasteiger partial charge on any atom is -0.376 e. The smallest absolute Gasteiger partial charge is 0.0600 e. The van der Waals surface area contributed by atoms with Crippen LogP contribution in [0, 0.1) is 0 Å². The van der Waals surface area contributed by atoms with Gasteiger partial charge in [-0.15, -0.1) is 0 Å². The number of nitrogens with zero attached hydrogens (tertiary/aromatic N) is 6. The molecule has 0 rings (SSSR count). The van der Waals surface area contributed by atoms with Gasteiger partial charge >= 0.3 is 0 Å². The second kappa shape index (κ2) is 51.7. The topological polar surface area (TPSA) is 74.8 Å². The summed E-state index contributed by atoms with van der Waals surface area (Å²) in [6.07, 6.45) is 8.37. The van der Waals surface area contributed by atoms with E-state index in [-0.39, 0.29) is 33.6 Å².